The van der Waals surface area contributed by atoms with Crippen molar-refractivity contribution in [3.05, 3.63) is 35.6 Å². The second-order valence-electron chi connectivity index (χ2n) is 7.82. The van der Waals surface area contributed by atoms with Crippen molar-refractivity contribution in [3.8, 4) is 0 Å². The van der Waals surface area contributed by atoms with Gasteiger partial charge in [0, 0.05) is 25.6 Å². The highest BCUT2D eigenvalue weighted by Gasteiger charge is 2.43. The summed E-state index contributed by atoms with van der Waals surface area (Å²) in [5.74, 6) is 1.10. The molecule has 1 amide bonds. The number of likely N-dealkylation sites (tertiary alicyclic amines) is 1. The Morgan fingerprint density at radius 2 is 1.88 bits per heavy atom. The number of amides is 1. The summed E-state index contributed by atoms with van der Waals surface area (Å²) in [6.07, 6.45) is 7.22. The molecular weight excluding hydrogens is 305 g/mol. The van der Waals surface area contributed by atoms with Gasteiger partial charge in [0.2, 0.25) is 5.91 Å². The van der Waals surface area contributed by atoms with E-state index in [0.29, 0.717) is 17.7 Å². The molecule has 4 heteroatoms. The molecule has 0 radical (unpaired) electrons. The lowest BCUT2D eigenvalue weighted by Gasteiger charge is -2.46. The predicted molar refractivity (Wildman–Crippen MR) is 90.0 cm³/mol. The number of ether oxygens (including phenoxy) is 1. The molecule has 2 saturated heterocycles. The second kappa shape index (κ2) is 6.47. The Morgan fingerprint density at radius 3 is 2.54 bits per heavy atom. The zero-order valence-electron chi connectivity index (χ0n) is 14.2. The Kier molecular flexibility index (Phi) is 4.33. The quantitative estimate of drug-likeness (QED) is 0.847. The topological polar surface area (TPSA) is 29.5 Å². The van der Waals surface area contributed by atoms with Crippen LogP contribution in [0.1, 0.15) is 44.1 Å². The predicted octanol–water partition coefficient (Wildman–Crippen LogP) is 3.57. The Hall–Kier alpha value is -1.42. The van der Waals surface area contributed by atoms with Gasteiger partial charge in [0.05, 0.1) is 5.60 Å². The number of rotatable bonds is 3. The first-order chi connectivity index (χ1) is 11.6. The lowest BCUT2D eigenvalue weighted by molar-refractivity contribution is -0.148. The van der Waals surface area contributed by atoms with E-state index in [9.17, 15) is 9.18 Å². The van der Waals surface area contributed by atoms with Crippen LogP contribution in [0.3, 0.4) is 0 Å². The van der Waals surface area contributed by atoms with E-state index in [1.807, 2.05) is 12.1 Å². The summed E-state index contributed by atoms with van der Waals surface area (Å²) in [7, 11) is 0. The molecule has 0 aromatic heterocycles. The highest BCUT2D eigenvalue weighted by Crippen LogP contribution is 2.40. The van der Waals surface area contributed by atoms with Crippen LogP contribution in [0.2, 0.25) is 0 Å². The summed E-state index contributed by atoms with van der Waals surface area (Å²) < 4.78 is 19.3. The number of carbonyl (C=O) groups is 1. The van der Waals surface area contributed by atoms with Crippen molar-refractivity contribution >= 4 is 5.91 Å². The molecule has 3 nitrogen and oxygen atoms in total. The number of hydrogen-bond donors (Lipinski definition) is 0. The van der Waals surface area contributed by atoms with Crippen LogP contribution in [0.25, 0.3) is 0 Å². The maximum absolute atomic E-state index is 13.1. The van der Waals surface area contributed by atoms with Gasteiger partial charge in [-0.1, -0.05) is 12.1 Å². The molecule has 130 valence electrons. The minimum Gasteiger partial charge on any atom is -0.375 e. The summed E-state index contributed by atoms with van der Waals surface area (Å²) in [4.78, 5) is 14.3. The van der Waals surface area contributed by atoms with Gasteiger partial charge in [-0.15, -0.1) is 0 Å². The molecule has 0 N–H and O–H groups in total. The fourth-order valence-electron chi connectivity index (χ4n) is 4.33. The van der Waals surface area contributed by atoms with Gasteiger partial charge in [0.25, 0.3) is 0 Å². The largest absolute Gasteiger partial charge is 0.375 e. The van der Waals surface area contributed by atoms with Gasteiger partial charge in [-0.2, -0.15) is 0 Å². The molecule has 3 aliphatic rings. The third-order valence-corrected chi connectivity index (χ3v) is 5.95. The molecule has 1 spiro atoms. The normalized spacial score (nSPS) is 26.5. The van der Waals surface area contributed by atoms with Crippen molar-refractivity contribution in [2.75, 3.05) is 19.7 Å². The minimum absolute atomic E-state index is 0.0384. The summed E-state index contributed by atoms with van der Waals surface area (Å²) >= 11 is 0. The van der Waals surface area contributed by atoms with Crippen molar-refractivity contribution in [2.45, 2.75) is 50.5 Å². The van der Waals surface area contributed by atoms with Gasteiger partial charge in [0.15, 0.2) is 0 Å². The molecule has 1 saturated carbocycles. The first-order valence-electron chi connectivity index (χ1n) is 9.31. The number of nitrogens with zero attached hydrogens (tertiary/aromatic N) is 1. The zero-order valence-corrected chi connectivity index (χ0v) is 14.2. The first-order valence-corrected chi connectivity index (χ1v) is 9.31. The summed E-state index contributed by atoms with van der Waals surface area (Å²) in [5.41, 5.74) is 1.17. The molecule has 1 aliphatic carbocycles. The molecule has 24 heavy (non-hydrogen) atoms. The lowest BCUT2D eigenvalue weighted by Crippen LogP contribution is -2.51. The van der Waals surface area contributed by atoms with Crippen LogP contribution < -0.4 is 0 Å². The van der Waals surface area contributed by atoms with Crippen molar-refractivity contribution in [1.82, 2.24) is 4.90 Å². The van der Waals surface area contributed by atoms with Crippen LogP contribution in [-0.4, -0.2) is 36.1 Å². The van der Waals surface area contributed by atoms with Gasteiger partial charge < -0.3 is 9.64 Å². The zero-order chi connectivity index (χ0) is 16.6. The fourth-order valence-corrected chi connectivity index (χ4v) is 4.33. The monoisotopic (exact) mass is 331 g/mol. The van der Waals surface area contributed by atoms with Gasteiger partial charge in [0.1, 0.15) is 5.82 Å². The smallest absolute Gasteiger partial charge is 0.225 e. The van der Waals surface area contributed by atoms with E-state index in [2.05, 4.69) is 4.90 Å². The van der Waals surface area contributed by atoms with Gasteiger partial charge >= 0.3 is 0 Å². The molecule has 1 aromatic rings. The number of benzene rings is 1. The average molecular weight is 331 g/mol. The Labute approximate surface area is 143 Å². The van der Waals surface area contributed by atoms with E-state index in [1.54, 1.807) is 12.1 Å². The van der Waals surface area contributed by atoms with E-state index in [-0.39, 0.29) is 11.4 Å². The summed E-state index contributed by atoms with van der Waals surface area (Å²) in [6.45, 7) is 2.50. The van der Waals surface area contributed by atoms with Crippen LogP contribution in [0, 0.1) is 17.7 Å². The van der Waals surface area contributed by atoms with E-state index in [1.165, 1.54) is 5.56 Å². The van der Waals surface area contributed by atoms with Crippen LogP contribution in [-0.2, 0) is 16.0 Å². The number of hydrogen-bond acceptors (Lipinski definition) is 2. The van der Waals surface area contributed by atoms with E-state index in [0.717, 1.165) is 64.6 Å². The molecular formula is C20H26FNO2. The fraction of sp³-hybridized carbons (Fsp3) is 0.650. The maximum Gasteiger partial charge on any atom is 0.225 e. The lowest BCUT2D eigenvalue weighted by atomic mass is 9.77. The van der Waals surface area contributed by atoms with Gasteiger partial charge in [-0.3, -0.25) is 4.79 Å². The van der Waals surface area contributed by atoms with Gasteiger partial charge in [-0.05, 0) is 68.6 Å². The minimum atomic E-state index is -0.171. The van der Waals surface area contributed by atoms with Crippen molar-refractivity contribution in [2.24, 2.45) is 11.8 Å². The van der Waals surface area contributed by atoms with E-state index in [4.69, 9.17) is 4.74 Å². The van der Waals surface area contributed by atoms with Crippen LogP contribution in [0.5, 0.6) is 0 Å². The SMILES string of the molecule is O=C(C1CC1)N1CCC2(CC1)CC(Cc1ccc(F)cc1)CCO2. The van der Waals surface area contributed by atoms with E-state index >= 15 is 0 Å². The maximum atomic E-state index is 13.1. The second-order valence-corrected chi connectivity index (χ2v) is 7.82. The molecule has 2 heterocycles. The molecule has 3 fully saturated rings. The standard InChI is InChI=1S/C20H26FNO2/c21-18-5-1-15(2-6-18)13-16-7-12-24-20(14-16)8-10-22(11-9-20)19(23)17-3-4-17/h1-2,5-6,16-17H,3-4,7-14H2. The Morgan fingerprint density at radius 1 is 1.17 bits per heavy atom. The molecule has 2 aliphatic heterocycles. The van der Waals surface area contributed by atoms with Crippen molar-refractivity contribution < 1.29 is 13.9 Å². The molecule has 1 aromatic carbocycles. The third kappa shape index (κ3) is 3.49. The molecule has 4 rings (SSSR count). The highest BCUT2D eigenvalue weighted by atomic mass is 19.1. The number of piperidine rings is 1. The summed E-state index contributed by atoms with van der Waals surface area (Å²) in [6, 6.07) is 6.89. The average Bonchev–Trinajstić information content (AvgIpc) is 3.42. The van der Waals surface area contributed by atoms with Gasteiger partial charge in [-0.25, -0.2) is 4.39 Å². The van der Waals surface area contributed by atoms with Crippen molar-refractivity contribution in [3.63, 3.8) is 0 Å². The Balaban J connectivity index is 1.34. The van der Waals surface area contributed by atoms with E-state index < -0.39 is 0 Å². The van der Waals surface area contributed by atoms with Crippen LogP contribution in [0.4, 0.5) is 4.39 Å². The molecule has 0 bridgehead atoms. The third-order valence-electron chi connectivity index (χ3n) is 5.95. The highest BCUT2D eigenvalue weighted by molar-refractivity contribution is 5.81. The Bertz CT molecular complexity index is 588. The number of halogens is 1. The number of carbonyl (C=O) groups excluding carboxylic acids is 1. The summed E-state index contributed by atoms with van der Waals surface area (Å²) in [5, 5.41) is 0. The van der Waals surface area contributed by atoms with Crippen molar-refractivity contribution in [1.29, 1.82) is 0 Å². The van der Waals surface area contributed by atoms with Crippen LogP contribution in [0.15, 0.2) is 24.3 Å². The molecule has 1 unspecified atom stereocenters. The van der Waals surface area contributed by atoms with Crippen LogP contribution >= 0.6 is 0 Å². The molecule has 1 atom stereocenters. The first kappa shape index (κ1) is 16.1.